The van der Waals surface area contributed by atoms with E-state index in [-0.39, 0.29) is 56.7 Å². The van der Waals surface area contributed by atoms with Crippen LogP contribution >= 0.6 is 0 Å². The van der Waals surface area contributed by atoms with Crippen molar-refractivity contribution in [2.45, 2.75) is 19.6 Å². The van der Waals surface area contributed by atoms with Crippen molar-refractivity contribution in [3.8, 4) is 0 Å². The average Bonchev–Trinajstić information content (AvgIpc) is 3.15. The van der Waals surface area contributed by atoms with E-state index in [1.807, 2.05) is 0 Å². The molecule has 1 N–H and O–H groups in total. The summed E-state index contributed by atoms with van der Waals surface area (Å²) in [5, 5.41) is 10.9. The first-order valence-electron chi connectivity index (χ1n) is 10.7. The van der Waals surface area contributed by atoms with Gasteiger partial charge in [0.2, 0.25) is 16.0 Å². The van der Waals surface area contributed by atoms with Gasteiger partial charge in [0.05, 0.1) is 53.9 Å². The average molecular weight is 517 g/mol. The van der Waals surface area contributed by atoms with Gasteiger partial charge >= 0.3 is 6.18 Å². The Kier molecular flexibility index (Phi) is 7.05. The van der Waals surface area contributed by atoms with Gasteiger partial charge in [-0.2, -0.15) is 27.7 Å². The maximum absolute atomic E-state index is 12.7. The lowest BCUT2D eigenvalue weighted by molar-refractivity contribution is -0.138. The number of alkyl halides is 3. The van der Waals surface area contributed by atoms with Crippen molar-refractivity contribution in [2.75, 3.05) is 50.0 Å². The molecule has 35 heavy (non-hydrogen) atoms. The standard InChI is InChI=1S/C19H23F3N8O4S/c1-13-16-15(12-25-26-17(16)31)30(27-13)6-7-34-8-9-35(32,33)29-4-2-28(3-5-29)18-23-10-14(11-24-18)19(20,21)22/h10-12H,2-9H2,1H3,(H,26,31). The van der Waals surface area contributed by atoms with E-state index in [0.29, 0.717) is 35.5 Å². The van der Waals surface area contributed by atoms with Crippen LogP contribution in [0.2, 0.25) is 0 Å². The maximum atomic E-state index is 12.7. The van der Waals surface area contributed by atoms with Crippen LogP contribution in [0.3, 0.4) is 0 Å². The molecule has 0 spiro atoms. The molecule has 1 fully saturated rings. The van der Waals surface area contributed by atoms with E-state index in [2.05, 4.69) is 25.3 Å². The molecule has 0 radical (unpaired) electrons. The van der Waals surface area contributed by atoms with E-state index in [1.165, 1.54) is 10.5 Å². The number of nitrogens with zero attached hydrogens (tertiary/aromatic N) is 7. The molecular weight excluding hydrogens is 493 g/mol. The molecule has 0 atom stereocenters. The minimum atomic E-state index is -4.52. The molecular formula is C19H23F3N8O4S. The summed E-state index contributed by atoms with van der Waals surface area (Å²) in [5.74, 6) is -0.0962. The third-order valence-corrected chi connectivity index (χ3v) is 7.39. The van der Waals surface area contributed by atoms with Gasteiger partial charge in [-0.15, -0.1) is 0 Å². The summed E-state index contributed by atoms with van der Waals surface area (Å²) in [5.41, 5.74) is -0.142. The zero-order valence-corrected chi connectivity index (χ0v) is 19.5. The van der Waals surface area contributed by atoms with Gasteiger partial charge in [-0.05, 0) is 6.92 Å². The largest absolute Gasteiger partial charge is 0.419 e. The normalized spacial score (nSPS) is 15.7. The predicted octanol–water partition coefficient (Wildman–Crippen LogP) is 0.405. The Bertz CT molecular complexity index is 1330. The minimum absolute atomic E-state index is 0.0262. The van der Waals surface area contributed by atoms with Crippen LogP contribution in [-0.2, 0) is 27.5 Å². The van der Waals surface area contributed by atoms with Gasteiger partial charge in [-0.25, -0.2) is 23.5 Å². The Morgan fingerprint density at radius 2 is 1.77 bits per heavy atom. The molecule has 0 bridgehead atoms. The number of halogens is 3. The summed E-state index contributed by atoms with van der Waals surface area (Å²) in [6.45, 7) is 3.03. The van der Waals surface area contributed by atoms with E-state index in [0.717, 1.165) is 0 Å². The zero-order valence-electron chi connectivity index (χ0n) is 18.7. The molecule has 1 aliphatic heterocycles. The number of H-pyrrole nitrogens is 1. The highest BCUT2D eigenvalue weighted by Crippen LogP contribution is 2.28. The molecule has 190 valence electrons. The molecule has 12 nitrogen and oxygen atoms in total. The van der Waals surface area contributed by atoms with Crippen molar-refractivity contribution < 1.29 is 26.3 Å². The second kappa shape index (κ2) is 9.87. The van der Waals surface area contributed by atoms with Crippen LogP contribution in [-0.4, -0.2) is 87.8 Å². The Hall–Kier alpha value is -3.11. The quantitative estimate of drug-likeness (QED) is 0.422. The summed E-state index contributed by atoms with van der Waals surface area (Å²) in [4.78, 5) is 21.0. The van der Waals surface area contributed by atoms with Crippen LogP contribution in [0.5, 0.6) is 0 Å². The molecule has 0 aromatic carbocycles. The topological polar surface area (TPSA) is 139 Å². The Morgan fingerprint density at radius 3 is 2.43 bits per heavy atom. The van der Waals surface area contributed by atoms with Gasteiger partial charge in [0, 0.05) is 38.6 Å². The molecule has 16 heteroatoms. The van der Waals surface area contributed by atoms with E-state index < -0.39 is 21.8 Å². The Morgan fingerprint density at radius 1 is 1.09 bits per heavy atom. The Balaban J connectivity index is 1.23. The molecule has 4 heterocycles. The number of aromatic amines is 1. The predicted molar refractivity (Wildman–Crippen MR) is 118 cm³/mol. The number of fused-ring (bicyclic) bond motifs is 1. The molecule has 1 saturated heterocycles. The van der Waals surface area contributed by atoms with Crippen molar-refractivity contribution in [3.05, 3.63) is 40.2 Å². The lowest BCUT2D eigenvalue weighted by Gasteiger charge is -2.34. The monoisotopic (exact) mass is 516 g/mol. The number of nitrogens with one attached hydrogen (secondary N) is 1. The smallest absolute Gasteiger partial charge is 0.378 e. The molecule has 0 aliphatic carbocycles. The molecule has 0 saturated carbocycles. The Labute approximate surface area is 197 Å². The SMILES string of the molecule is Cc1nn(CCOCCS(=O)(=O)N2CCN(c3ncc(C(F)(F)F)cn3)CC2)c2cn[nH]c(=O)c12. The molecule has 0 unspecified atom stereocenters. The van der Waals surface area contributed by atoms with E-state index >= 15 is 0 Å². The number of aryl methyl sites for hydroxylation is 1. The second-order valence-corrected chi connectivity index (χ2v) is 9.94. The minimum Gasteiger partial charge on any atom is -0.378 e. The van der Waals surface area contributed by atoms with Crippen molar-refractivity contribution in [1.29, 1.82) is 0 Å². The number of rotatable bonds is 8. The van der Waals surface area contributed by atoms with Gasteiger partial charge in [-0.3, -0.25) is 9.48 Å². The number of hydrogen-bond acceptors (Lipinski definition) is 9. The summed E-state index contributed by atoms with van der Waals surface area (Å²) in [6.07, 6.45) is -1.60. The summed E-state index contributed by atoms with van der Waals surface area (Å²) < 4.78 is 71.7. The summed E-state index contributed by atoms with van der Waals surface area (Å²) in [6, 6.07) is 0. The van der Waals surface area contributed by atoms with Crippen LogP contribution in [0.4, 0.5) is 19.1 Å². The summed E-state index contributed by atoms with van der Waals surface area (Å²) in [7, 11) is -3.58. The third-order valence-electron chi connectivity index (χ3n) is 5.56. The molecule has 1 aliphatic rings. The van der Waals surface area contributed by atoms with Gasteiger partial charge in [0.15, 0.2) is 0 Å². The van der Waals surface area contributed by atoms with Crippen LogP contribution in [0, 0.1) is 6.92 Å². The molecule has 0 amide bonds. The van der Waals surface area contributed by atoms with Crippen LogP contribution in [0.1, 0.15) is 11.3 Å². The lowest BCUT2D eigenvalue weighted by Crippen LogP contribution is -2.50. The lowest BCUT2D eigenvalue weighted by atomic mass is 10.3. The number of piperazine rings is 1. The van der Waals surface area contributed by atoms with Crippen LogP contribution < -0.4 is 10.5 Å². The molecule has 3 aromatic rings. The zero-order chi connectivity index (χ0) is 25.2. The molecule has 4 rings (SSSR count). The van der Waals surface area contributed by atoms with Gasteiger partial charge in [0.1, 0.15) is 0 Å². The number of aromatic nitrogens is 6. The number of anilines is 1. The van der Waals surface area contributed by atoms with Gasteiger partial charge in [-0.1, -0.05) is 0 Å². The highest BCUT2D eigenvalue weighted by molar-refractivity contribution is 7.89. The van der Waals surface area contributed by atoms with Crippen molar-refractivity contribution in [1.82, 2.24) is 34.3 Å². The van der Waals surface area contributed by atoms with Crippen molar-refractivity contribution in [2.24, 2.45) is 0 Å². The van der Waals surface area contributed by atoms with Crippen molar-refractivity contribution >= 4 is 26.9 Å². The first-order chi connectivity index (χ1) is 16.6. The van der Waals surface area contributed by atoms with Gasteiger partial charge < -0.3 is 9.64 Å². The first-order valence-corrected chi connectivity index (χ1v) is 12.3. The fourth-order valence-electron chi connectivity index (χ4n) is 3.73. The van der Waals surface area contributed by atoms with E-state index in [1.54, 1.807) is 16.5 Å². The van der Waals surface area contributed by atoms with Crippen molar-refractivity contribution in [3.63, 3.8) is 0 Å². The fraction of sp³-hybridized carbons (Fsp3) is 0.526. The molecule has 3 aromatic heterocycles. The number of hydrogen-bond donors (Lipinski definition) is 1. The first kappa shape index (κ1) is 25.0. The van der Waals surface area contributed by atoms with Crippen LogP contribution in [0.25, 0.3) is 10.9 Å². The summed E-state index contributed by atoms with van der Waals surface area (Å²) >= 11 is 0. The van der Waals surface area contributed by atoms with Crippen LogP contribution in [0.15, 0.2) is 23.4 Å². The third kappa shape index (κ3) is 5.59. The van der Waals surface area contributed by atoms with E-state index in [4.69, 9.17) is 4.74 Å². The maximum Gasteiger partial charge on any atom is 0.419 e. The number of ether oxygens (including phenoxy) is 1. The van der Waals surface area contributed by atoms with Gasteiger partial charge in [0.25, 0.3) is 5.56 Å². The fourth-order valence-corrected chi connectivity index (χ4v) is 5.04. The second-order valence-electron chi connectivity index (χ2n) is 7.85. The number of sulfonamides is 1. The highest BCUT2D eigenvalue weighted by atomic mass is 32.2. The highest BCUT2D eigenvalue weighted by Gasteiger charge is 2.32. The van der Waals surface area contributed by atoms with E-state index in [9.17, 15) is 26.4 Å².